The van der Waals surface area contributed by atoms with E-state index in [1.54, 1.807) is 30.3 Å². The van der Waals surface area contributed by atoms with E-state index < -0.39 is 4.92 Å². The van der Waals surface area contributed by atoms with Crippen molar-refractivity contribution in [1.29, 1.82) is 0 Å². The van der Waals surface area contributed by atoms with E-state index in [1.807, 2.05) is 6.92 Å². The second-order valence-electron chi connectivity index (χ2n) is 4.61. The lowest BCUT2D eigenvalue weighted by molar-refractivity contribution is -0.384. The van der Waals surface area contributed by atoms with Crippen LogP contribution in [-0.2, 0) is 0 Å². The molecular weight excluding hydrogens is 334 g/mol. The predicted molar refractivity (Wildman–Crippen MR) is 93.5 cm³/mol. The fraction of sp³-hybridized carbons (Fsp3) is 0.188. The molecule has 0 aromatic heterocycles. The summed E-state index contributed by atoms with van der Waals surface area (Å²) >= 11 is 6.16. The van der Waals surface area contributed by atoms with Gasteiger partial charge in [0.05, 0.1) is 29.9 Å². The first-order valence-corrected chi connectivity index (χ1v) is 7.47. The number of nitro benzene ring substituents is 1. The van der Waals surface area contributed by atoms with Crippen molar-refractivity contribution < 1.29 is 14.4 Å². The molecule has 0 atom stereocenters. The number of hydrogen-bond donors (Lipinski definition) is 1. The summed E-state index contributed by atoms with van der Waals surface area (Å²) in [5.41, 5.74) is 3.55. The number of para-hydroxylation sites is 2. The fourth-order valence-corrected chi connectivity index (χ4v) is 2.32. The number of rotatable bonds is 7. The maximum atomic E-state index is 11.0. The number of benzene rings is 2. The van der Waals surface area contributed by atoms with Gasteiger partial charge in [0.25, 0.3) is 5.69 Å². The van der Waals surface area contributed by atoms with E-state index in [2.05, 4.69) is 10.5 Å². The van der Waals surface area contributed by atoms with Crippen molar-refractivity contribution in [2.45, 2.75) is 6.92 Å². The van der Waals surface area contributed by atoms with E-state index in [-0.39, 0.29) is 5.69 Å². The Morgan fingerprint density at radius 1 is 1.38 bits per heavy atom. The summed E-state index contributed by atoms with van der Waals surface area (Å²) in [4.78, 5) is 10.5. The van der Waals surface area contributed by atoms with Crippen LogP contribution in [0, 0.1) is 10.1 Å². The van der Waals surface area contributed by atoms with Gasteiger partial charge < -0.3 is 9.47 Å². The third-order valence-electron chi connectivity index (χ3n) is 3.04. The number of hydrazone groups is 1. The zero-order valence-electron chi connectivity index (χ0n) is 13.2. The molecule has 2 aromatic rings. The highest BCUT2D eigenvalue weighted by Gasteiger charge is 2.12. The van der Waals surface area contributed by atoms with Crippen LogP contribution in [0.25, 0.3) is 0 Å². The number of methoxy groups -OCH3 is 1. The topological polar surface area (TPSA) is 86.0 Å². The molecule has 0 amide bonds. The molecule has 2 aromatic carbocycles. The van der Waals surface area contributed by atoms with Gasteiger partial charge in [0.2, 0.25) is 0 Å². The molecule has 0 aliphatic carbocycles. The number of hydrogen-bond acceptors (Lipinski definition) is 6. The first-order chi connectivity index (χ1) is 11.6. The highest BCUT2D eigenvalue weighted by molar-refractivity contribution is 6.32. The van der Waals surface area contributed by atoms with Crippen LogP contribution < -0.4 is 14.9 Å². The van der Waals surface area contributed by atoms with E-state index in [0.29, 0.717) is 34.4 Å². The molecule has 0 bridgehead atoms. The largest absolute Gasteiger partial charge is 0.491 e. The van der Waals surface area contributed by atoms with Crippen LogP contribution in [0.3, 0.4) is 0 Å². The number of nitro groups is 1. The Morgan fingerprint density at radius 2 is 2.12 bits per heavy atom. The van der Waals surface area contributed by atoms with Crippen LogP contribution >= 0.6 is 11.6 Å². The molecule has 8 heteroatoms. The summed E-state index contributed by atoms with van der Waals surface area (Å²) in [6.45, 7) is 2.31. The quantitative estimate of drug-likeness (QED) is 0.462. The molecule has 1 N–H and O–H groups in total. The Hall–Kier alpha value is -2.80. The maximum Gasteiger partial charge on any atom is 0.294 e. The van der Waals surface area contributed by atoms with Crippen LogP contribution in [0.1, 0.15) is 12.5 Å². The molecule has 0 aliphatic rings. The van der Waals surface area contributed by atoms with Crippen molar-refractivity contribution in [1.82, 2.24) is 0 Å². The third kappa shape index (κ3) is 4.14. The minimum Gasteiger partial charge on any atom is -0.491 e. The van der Waals surface area contributed by atoms with Crippen molar-refractivity contribution in [2.75, 3.05) is 19.1 Å². The van der Waals surface area contributed by atoms with Crippen molar-refractivity contribution in [3.8, 4) is 11.5 Å². The fourth-order valence-electron chi connectivity index (χ4n) is 2.03. The Bertz CT molecular complexity index is 765. The molecule has 0 radical (unpaired) electrons. The Kier molecular flexibility index (Phi) is 5.97. The summed E-state index contributed by atoms with van der Waals surface area (Å²) < 4.78 is 10.7. The van der Waals surface area contributed by atoms with Gasteiger partial charge >= 0.3 is 0 Å². The zero-order valence-corrected chi connectivity index (χ0v) is 13.9. The zero-order chi connectivity index (χ0) is 17.5. The van der Waals surface area contributed by atoms with E-state index in [0.717, 1.165) is 0 Å². The number of nitrogens with one attached hydrogen (secondary N) is 1. The highest BCUT2D eigenvalue weighted by atomic mass is 35.5. The molecule has 0 saturated heterocycles. The van der Waals surface area contributed by atoms with Crippen LogP contribution in [-0.4, -0.2) is 24.9 Å². The number of ether oxygens (including phenoxy) is 2. The van der Waals surface area contributed by atoms with Crippen molar-refractivity contribution >= 4 is 29.2 Å². The summed E-state index contributed by atoms with van der Waals surface area (Å²) in [6, 6.07) is 9.62. The van der Waals surface area contributed by atoms with E-state index in [9.17, 15) is 10.1 Å². The molecule has 0 spiro atoms. The molecule has 7 nitrogen and oxygen atoms in total. The highest BCUT2D eigenvalue weighted by Crippen LogP contribution is 2.35. The van der Waals surface area contributed by atoms with Gasteiger partial charge in [-0.1, -0.05) is 23.7 Å². The Balaban J connectivity index is 2.22. The molecule has 0 heterocycles. The number of anilines is 1. The maximum absolute atomic E-state index is 11.0. The normalized spacial score (nSPS) is 10.6. The summed E-state index contributed by atoms with van der Waals surface area (Å²) in [6.07, 6.45) is 1.49. The first-order valence-electron chi connectivity index (χ1n) is 7.09. The lowest BCUT2D eigenvalue weighted by Crippen LogP contribution is -1.99. The van der Waals surface area contributed by atoms with Crippen molar-refractivity contribution in [3.63, 3.8) is 0 Å². The van der Waals surface area contributed by atoms with Gasteiger partial charge in [0.15, 0.2) is 11.5 Å². The van der Waals surface area contributed by atoms with Gasteiger partial charge in [0, 0.05) is 6.07 Å². The molecule has 0 unspecified atom stereocenters. The summed E-state index contributed by atoms with van der Waals surface area (Å²) in [5.74, 6) is 0.946. The minimum absolute atomic E-state index is 0.0579. The number of nitrogens with zero attached hydrogens (tertiary/aromatic N) is 2. The second kappa shape index (κ2) is 8.16. The first kappa shape index (κ1) is 17.6. The summed E-state index contributed by atoms with van der Waals surface area (Å²) in [7, 11) is 1.51. The average molecular weight is 350 g/mol. The molecular formula is C16H16ClN3O4. The van der Waals surface area contributed by atoms with E-state index in [1.165, 1.54) is 19.4 Å². The van der Waals surface area contributed by atoms with Gasteiger partial charge in [-0.2, -0.15) is 5.10 Å². The van der Waals surface area contributed by atoms with E-state index >= 15 is 0 Å². The molecule has 0 saturated carbocycles. The van der Waals surface area contributed by atoms with Crippen LogP contribution in [0.4, 0.5) is 11.4 Å². The van der Waals surface area contributed by atoms with E-state index in [4.69, 9.17) is 21.1 Å². The van der Waals surface area contributed by atoms with Crippen molar-refractivity contribution in [3.05, 3.63) is 57.1 Å². The Labute approximate surface area is 144 Å². The second-order valence-corrected chi connectivity index (χ2v) is 5.02. The third-order valence-corrected chi connectivity index (χ3v) is 3.32. The average Bonchev–Trinajstić information content (AvgIpc) is 2.55. The molecule has 24 heavy (non-hydrogen) atoms. The lowest BCUT2D eigenvalue weighted by atomic mass is 10.2. The molecule has 0 fully saturated rings. The van der Waals surface area contributed by atoms with Gasteiger partial charge in [-0.05, 0) is 30.7 Å². The predicted octanol–water partition coefficient (Wildman–Crippen LogP) is 4.10. The van der Waals surface area contributed by atoms with Crippen LogP contribution in [0.15, 0.2) is 41.5 Å². The van der Waals surface area contributed by atoms with Crippen LogP contribution in [0.5, 0.6) is 11.5 Å². The van der Waals surface area contributed by atoms with Gasteiger partial charge in [0.1, 0.15) is 5.69 Å². The minimum atomic E-state index is -0.477. The summed E-state index contributed by atoms with van der Waals surface area (Å²) in [5, 5.41) is 15.4. The van der Waals surface area contributed by atoms with Gasteiger partial charge in [-0.15, -0.1) is 0 Å². The van der Waals surface area contributed by atoms with Gasteiger partial charge in [-0.25, -0.2) is 0 Å². The lowest BCUT2D eigenvalue weighted by Gasteiger charge is -2.11. The molecule has 0 aliphatic heterocycles. The van der Waals surface area contributed by atoms with Gasteiger partial charge in [-0.3, -0.25) is 15.5 Å². The van der Waals surface area contributed by atoms with Crippen molar-refractivity contribution in [2.24, 2.45) is 5.10 Å². The standard InChI is InChI=1S/C16H16ClN3O4/c1-3-24-15-9-11(8-12(17)16(15)23-2)10-18-19-13-6-4-5-7-14(13)20(21)22/h4-10,19H,3H2,1-2H3/b18-10-. The Morgan fingerprint density at radius 3 is 2.79 bits per heavy atom. The molecule has 2 rings (SSSR count). The smallest absolute Gasteiger partial charge is 0.294 e. The monoisotopic (exact) mass is 349 g/mol. The van der Waals surface area contributed by atoms with Crippen LogP contribution in [0.2, 0.25) is 5.02 Å². The number of halogens is 1. The SMILES string of the molecule is CCOc1cc(/C=N\Nc2ccccc2[N+](=O)[O-])cc(Cl)c1OC. The molecule has 126 valence electrons.